The van der Waals surface area contributed by atoms with Crippen LogP contribution in [0.15, 0.2) is 21.5 Å². The van der Waals surface area contributed by atoms with Crippen LogP contribution in [0.4, 0.5) is 11.6 Å². The summed E-state index contributed by atoms with van der Waals surface area (Å²) in [6.45, 7) is 3.42. The Kier molecular flexibility index (Phi) is 4.32. The molecule has 2 aromatic rings. The van der Waals surface area contributed by atoms with Crippen LogP contribution in [0.1, 0.15) is 22.5 Å². The van der Waals surface area contributed by atoms with Crippen molar-refractivity contribution in [2.45, 2.75) is 13.8 Å². The number of nitriles is 1. The minimum Gasteiger partial charge on any atom is -0.502 e. The molecule has 0 fully saturated rings. The summed E-state index contributed by atoms with van der Waals surface area (Å²) in [6.07, 6.45) is 1.18. The van der Waals surface area contributed by atoms with Gasteiger partial charge in [0.1, 0.15) is 23.1 Å². The summed E-state index contributed by atoms with van der Waals surface area (Å²) in [5.41, 5.74) is 0.515. The van der Waals surface area contributed by atoms with Gasteiger partial charge in [0.2, 0.25) is 11.6 Å². The minimum absolute atomic E-state index is 0.0756. The molecule has 0 aliphatic heterocycles. The van der Waals surface area contributed by atoms with E-state index in [9.17, 15) is 15.2 Å². The zero-order valence-corrected chi connectivity index (χ0v) is 12.7. The molecule has 8 heteroatoms. The van der Waals surface area contributed by atoms with E-state index in [0.29, 0.717) is 11.3 Å². The molecule has 1 aromatic heterocycles. The number of nitro benzene ring substituents is 1. The molecule has 2 rings (SSSR count). The van der Waals surface area contributed by atoms with Crippen LogP contribution in [-0.4, -0.2) is 23.4 Å². The number of phenolic OH excluding ortho intramolecular Hbond substituents is 1. The number of rotatable bonds is 4. The van der Waals surface area contributed by atoms with E-state index in [1.807, 2.05) is 6.07 Å². The number of nitro groups is 1. The SMILES string of the molecule is COc1cc(C=Nc2oc(C)c(C)c2C#N)c(O)c([N+](=O)[O-])c1. The number of aliphatic imine (C=N–C) groups is 1. The molecule has 1 aromatic carbocycles. The Morgan fingerprint density at radius 2 is 2.17 bits per heavy atom. The number of furan rings is 1. The highest BCUT2D eigenvalue weighted by molar-refractivity contribution is 5.88. The van der Waals surface area contributed by atoms with Gasteiger partial charge in [0.15, 0.2) is 0 Å². The number of methoxy groups -OCH3 is 1. The van der Waals surface area contributed by atoms with Gasteiger partial charge in [-0.2, -0.15) is 5.26 Å². The van der Waals surface area contributed by atoms with Crippen molar-refractivity contribution in [2.24, 2.45) is 4.99 Å². The molecule has 1 heterocycles. The van der Waals surface area contributed by atoms with Crippen molar-refractivity contribution < 1.29 is 19.2 Å². The number of phenols is 1. The fourth-order valence-electron chi connectivity index (χ4n) is 1.93. The van der Waals surface area contributed by atoms with Crippen molar-refractivity contribution in [3.8, 4) is 17.6 Å². The summed E-state index contributed by atoms with van der Waals surface area (Å²) in [4.78, 5) is 14.2. The Balaban J connectivity index is 2.52. The molecule has 0 saturated heterocycles. The van der Waals surface area contributed by atoms with Gasteiger partial charge in [-0.1, -0.05) is 0 Å². The lowest BCUT2D eigenvalue weighted by Crippen LogP contribution is -1.94. The summed E-state index contributed by atoms with van der Waals surface area (Å²) in [6, 6.07) is 4.48. The summed E-state index contributed by atoms with van der Waals surface area (Å²) < 4.78 is 10.3. The molecule has 0 saturated carbocycles. The predicted molar refractivity (Wildman–Crippen MR) is 81.5 cm³/mol. The normalized spacial score (nSPS) is 10.7. The fraction of sp³-hybridized carbons (Fsp3) is 0.200. The molecular weight excluding hydrogens is 302 g/mol. The number of ether oxygens (including phenoxy) is 1. The lowest BCUT2D eigenvalue weighted by Gasteiger charge is -2.04. The molecular formula is C15H13N3O5. The molecule has 23 heavy (non-hydrogen) atoms. The lowest BCUT2D eigenvalue weighted by atomic mass is 10.1. The van der Waals surface area contributed by atoms with E-state index in [1.54, 1.807) is 13.8 Å². The van der Waals surface area contributed by atoms with Crippen molar-refractivity contribution in [2.75, 3.05) is 7.11 Å². The maximum atomic E-state index is 10.9. The van der Waals surface area contributed by atoms with Crippen molar-refractivity contribution in [3.63, 3.8) is 0 Å². The quantitative estimate of drug-likeness (QED) is 0.525. The second kappa shape index (κ2) is 6.19. The van der Waals surface area contributed by atoms with Crippen LogP contribution in [0.2, 0.25) is 0 Å². The topological polar surface area (TPSA) is 122 Å². The molecule has 0 unspecified atom stereocenters. The third-order valence-electron chi connectivity index (χ3n) is 3.32. The van der Waals surface area contributed by atoms with Gasteiger partial charge in [-0.05, 0) is 19.9 Å². The van der Waals surface area contributed by atoms with Gasteiger partial charge < -0.3 is 14.3 Å². The van der Waals surface area contributed by atoms with Crippen molar-refractivity contribution in [1.29, 1.82) is 5.26 Å². The fourth-order valence-corrected chi connectivity index (χ4v) is 1.93. The zero-order chi connectivity index (χ0) is 17.1. The highest BCUT2D eigenvalue weighted by Gasteiger charge is 2.19. The smallest absolute Gasteiger partial charge is 0.315 e. The molecule has 1 N–H and O–H groups in total. The molecule has 0 bridgehead atoms. The monoisotopic (exact) mass is 315 g/mol. The molecule has 8 nitrogen and oxygen atoms in total. The second-order valence-electron chi connectivity index (χ2n) is 4.67. The van der Waals surface area contributed by atoms with Gasteiger partial charge in [-0.15, -0.1) is 0 Å². The first kappa shape index (κ1) is 16.0. The number of hydrogen-bond donors (Lipinski definition) is 1. The number of nitrogens with zero attached hydrogens (tertiary/aromatic N) is 3. The third-order valence-corrected chi connectivity index (χ3v) is 3.32. The van der Waals surface area contributed by atoms with Gasteiger partial charge in [-0.3, -0.25) is 10.1 Å². The Hall–Kier alpha value is -3.34. The van der Waals surface area contributed by atoms with Crippen LogP contribution in [0, 0.1) is 35.3 Å². The van der Waals surface area contributed by atoms with Crippen LogP contribution in [0.3, 0.4) is 0 Å². The molecule has 0 aliphatic carbocycles. The van der Waals surface area contributed by atoms with E-state index < -0.39 is 16.4 Å². The summed E-state index contributed by atoms with van der Waals surface area (Å²) >= 11 is 0. The van der Waals surface area contributed by atoms with Gasteiger partial charge in [0.25, 0.3) is 0 Å². The van der Waals surface area contributed by atoms with Crippen molar-refractivity contribution >= 4 is 17.8 Å². The van der Waals surface area contributed by atoms with E-state index in [1.165, 1.54) is 19.4 Å². The Labute approximate surface area is 131 Å². The summed E-state index contributed by atoms with van der Waals surface area (Å²) in [7, 11) is 1.35. The molecule has 0 aliphatic rings. The van der Waals surface area contributed by atoms with E-state index in [4.69, 9.17) is 14.4 Å². The second-order valence-corrected chi connectivity index (χ2v) is 4.67. The van der Waals surface area contributed by atoms with Crippen molar-refractivity contribution in [3.05, 3.63) is 44.7 Å². The van der Waals surface area contributed by atoms with Gasteiger partial charge >= 0.3 is 5.69 Å². The first-order valence-corrected chi connectivity index (χ1v) is 6.48. The van der Waals surface area contributed by atoms with Crippen molar-refractivity contribution in [1.82, 2.24) is 0 Å². The number of hydrogen-bond acceptors (Lipinski definition) is 7. The first-order valence-electron chi connectivity index (χ1n) is 6.48. The first-order chi connectivity index (χ1) is 10.9. The minimum atomic E-state index is -0.725. The standard InChI is InChI=1S/C15H13N3O5/c1-8-9(2)23-15(12(8)6-16)17-7-10-4-11(22-3)5-13(14(10)19)18(20)21/h4-5,7,19H,1-3H3. The molecule has 0 atom stereocenters. The molecule has 0 amide bonds. The number of benzene rings is 1. The molecule has 118 valence electrons. The van der Waals surface area contributed by atoms with E-state index in [-0.39, 0.29) is 22.8 Å². The average Bonchev–Trinajstić information content (AvgIpc) is 2.80. The number of aromatic hydroxyl groups is 1. The Morgan fingerprint density at radius 3 is 2.74 bits per heavy atom. The van der Waals surface area contributed by atoms with Gasteiger partial charge in [0.05, 0.1) is 18.1 Å². The van der Waals surface area contributed by atoms with Crippen LogP contribution >= 0.6 is 0 Å². The van der Waals surface area contributed by atoms with Crippen LogP contribution in [0.25, 0.3) is 0 Å². The summed E-state index contributed by atoms with van der Waals surface area (Å²) in [5.74, 6) is 0.281. The molecule has 0 spiro atoms. The molecule has 0 radical (unpaired) electrons. The van der Waals surface area contributed by atoms with Gasteiger partial charge in [-0.25, -0.2) is 4.99 Å². The number of aryl methyl sites for hydroxylation is 1. The van der Waals surface area contributed by atoms with Gasteiger partial charge in [0, 0.05) is 17.3 Å². The van der Waals surface area contributed by atoms with Crippen LogP contribution in [0.5, 0.6) is 11.5 Å². The Bertz CT molecular complexity index is 846. The van der Waals surface area contributed by atoms with E-state index in [2.05, 4.69) is 4.99 Å². The highest BCUT2D eigenvalue weighted by Crippen LogP contribution is 2.34. The van der Waals surface area contributed by atoms with Crippen LogP contribution in [-0.2, 0) is 0 Å². The predicted octanol–water partition coefficient (Wildman–Crippen LogP) is 3.14. The highest BCUT2D eigenvalue weighted by atomic mass is 16.6. The van der Waals surface area contributed by atoms with E-state index in [0.717, 1.165) is 6.07 Å². The zero-order valence-electron chi connectivity index (χ0n) is 12.7. The largest absolute Gasteiger partial charge is 0.502 e. The third kappa shape index (κ3) is 2.98. The summed E-state index contributed by atoms with van der Waals surface area (Å²) in [5, 5.41) is 30.0. The lowest BCUT2D eigenvalue weighted by molar-refractivity contribution is -0.385. The van der Waals surface area contributed by atoms with E-state index >= 15 is 0 Å². The van der Waals surface area contributed by atoms with Crippen LogP contribution < -0.4 is 4.74 Å². The maximum absolute atomic E-state index is 10.9. The Morgan fingerprint density at radius 1 is 1.48 bits per heavy atom. The average molecular weight is 315 g/mol. The maximum Gasteiger partial charge on any atom is 0.315 e.